The van der Waals surface area contributed by atoms with Crippen molar-refractivity contribution in [2.45, 2.75) is 71.3 Å². The quantitative estimate of drug-likeness (QED) is 0.661. The summed E-state index contributed by atoms with van der Waals surface area (Å²) in [6.07, 6.45) is 11.4. The number of likely N-dealkylation sites (tertiary alicyclic amines) is 2. The minimum Gasteiger partial charge on any atom is -0.306 e. The molecule has 0 amide bonds. The van der Waals surface area contributed by atoms with Gasteiger partial charge in [-0.2, -0.15) is 0 Å². The van der Waals surface area contributed by atoms with Crippen molar-refractivity contribution >= 4 is 0 Å². The van der Waals surface area contributed by atoms with Crippen LogP contribution >= 0.6 is 0 Å². The molecule has 3 aliphatic heterocycles. The second-order valence-electron chi connectivity index (χ2n) is 11.2. The van der Waals surface area contributed by atoms with Crippen molar-refractivity contribution in [2.24, 2.45) is 10.8 Å². The van der Waals surface area contributed by atoms with Crippen LogP contribution in [0.2, 0.25) is 0 Å². The molecule has 0 atom stereocenters. The van der Waals surface area contributed by atoms with E-state index < -0.39 is 0 Å². The third-order valence-corrected chi connectivity index (χ3v) is 8.58. The number of hydrogen-bond acceptors (Lipinski definition) is 4. The van der Waals surface area contributed by atoms with Crippen LogP contribution in [0.25, 0.3) is 0 Å². The molecule has 1 aliphatic carbocycles. The summed E-state index contributed by atoms with van der Waals surface area (Å²) in [6, 6.07) is 0.857. The zero-order valence-corrected chi connectivity index (χ0v) is 19.1. The molecular formula is C24H46N4. The van der Waals surface area contributed by atoms with Crippen molar-refractivity contribution < 1.29 is 0 Å². The predicted molar refractivity (Wildman–Crippen MR) is 119 cm³/mol. The predicted octanol–water partition coefficient (Wildman–Crippen LogP) is 3.38. The van der Waals surface area contributed by atoms with Crippen LogP contribution in [0.3, 0.4) is 0 Å². The summed E-state index contributed by atoms with van der Waals surface area (Å²) < 4.78 is 0. The van der Waals surface area contributed by atoms with Gasteiger partial charge in [0.2, 0.25) is 0 Å². The van der Waals surface area contributed by atoms with Crippen molar-refractivity contribution in [1.29, 1.82) is 0 Å². The minimum absolute atomic E-state index is 0.549. The fraction of sp³-hybridized carbons (Fsp3) is 1.00. The van der Waals surface area contributed by atoms with Gasteiger partial charge >= 0.3 is 0 Å². The Morgan fingerprint density at radius 3 is 1.93 bits per heavy atom. The van der Waals surface area contributed by atoms with Gasteiger partial charge in [-0.15, -0.1) is 0 Å². The van der Waals surface area contributed by atoms with Crippen LogP contribution in [0, 0.1) is 10.8 Å². The van der Waals surface area contributed by atoms with Crippen molar-refractivity contribution in [2.75, 3.05) is 72.5 Å². The average Bonchev–Trinajstić information content (AvgIpc) is 3.45. The van der Waals surface area contributed by atoms with E-state index in [-0.39, 0.29) is 0 Å². The van der Waals surface area contributed by atoms with Crippen LogP contribution in [0.15, 0.2) is 0 Å². The highest BCUT2D eigenvalue weighted by atomic mass is 15.3. The van der Waals surface area contributed by atoms with Gasteiger partial charge in [0.15, 0.2) is 0 Å². The third kappa shape index (κ3) is 5.30. The maximum absolute atomic E-state index is 2.81. The highest BCUT2D eigenvalue weighted by Gasteiger charge is 2.44. The number of piperidine rings is 2. The summed E-state index contributed by atoms with van der Waals surface area (Å²) >= 11 is 0. The van der Waals surface area contributed by atoms with Crippen LogP contribution in [0.4, 0.5) is 0 Å². The standard InChI is InChI=1S/C24H46N4/c1-4-7-24(8-9-24)21-26-14-10-23(2,11-15-26)20-27-16-18-28(19-17-27)22-5-12-25(3)13-6-22/h22H,4-21H2,1-3H3. The third-order valence-electron chi connectivity index (χ3n) is 8.58. The summed E-state index contributed by atoms with van der Waals surface area (Å²) in [7, 11) is 2.27. The molecule has 0 unspecified atom stereocenters. The molecule has 3 saturated heterocycles. The summed E-state index contributed by atoms with van der Waals surface area (Å²) in [5.74, 6) is 0. The molecule has 4 fully saturated rings. The van der Waals surface area contributed by atoms with Crippen molar-refractivity contribution in [3.63, 3.8) is 0 Å². The number of nitrogens with zero attached hydrogens (tertiary/aromatic N) is 4. The molecule has 28 heavy (non-hydrogen) atoms. The zero-order chi connectivity index (χ0) is 19.6. The number of hydrogen-bond donors (Lipinski definition) is 0. The first-order valence-electron chi connectivity index (χ1n) is 12.4. The van der Waals surface area contributed by atoms with E-state index in [0.717, 1.165) is 11.5 Å². The highest BCUT2D eigenvalue weighted by Crippen LogP contribution is 2.50. The van der Waals surface area contributed by atoms with Crippen molar-refractivity contribution in [3.05, 3.63) is 0 Å². The second kappa shape index (κ2) is 8.91. The van der Waals surface area contributed by atoms with E-state index in [4.69, 9.17) is 0 Å². The Balaban J connectivity index is 1.17. The van der Waals surface area contributed by atoms with Gasteiger partial charge in [-0.25, -0.2) is 0 Å². The van der Waals surface area contributed by atoms with Crippen molar-refractivity contribution in [1.82, 2.24) is 19.6 Å². The first-order chi connectivity index (χ1) is 13.5. The Morgan fingerprint density at radius 2 is 1.36 bits per heavy atom. The highest BCUT2D eigenvalue weighted by molar-refractivity contribution is 4.97. The summed E-state index contributed by atoms with van der Waals surface area (Å²) in [4.78, 5) is 10.9. The van der Waals surface area contributed by atoms with Crippen LogP contribution in [0.5, 0.6) is 0 Å². The molecule has 0 aromatic carbocycles. The van der Waals surface area contributed by atoms with E-state index >= 15 is 0 Å². The molecule has 0 N–H and O–H groups in total. The lowest BCUT2D eigenvalue weighted by molar-refractivity contribution is 0.0240. The monoisotopic (exact) mass is 390 g/mol. The number of rotatable bonds is 7. The van der Waals surface area contributed by atoms with E-state index in [1.807, 2.05) is 0 Å². The smallest absolute Gasteiger partial charge is 0.0121 e. The molecule has 162 valence electrons. The first kappa shape index (κ1) is 21.1. The lowest BCUT2D eigenvalue weighted by Gasteiger charge is -2.46. The molecule has 3 heterocycles. The molecular weight excluding hydrogens is 344 g/mol. The second-order valence-corrected chi connectivity index (χ2v) is 11.2. The van der Waals surface area contributed by atoms with Gasteiger partial charge in [0.25, 0.3) is 0 Å². The Labute approximate surface area is 174 Å². The normalized spacial score (nSPS) is 30.5. The summed E-state index contributed by atoms with van der Waals surface area (Å²) in [5.41, 5.74) is 1.28. The molecule has 4 aliphatic rings. The van der Waals surface area contributed by atoms with Crippen LogP contribution < -0.4 is 0 Å². The van der Waals surface area contributed by atoms with E-state index in [2.05, 4.69) is 40.5 Å². The molecule has 0 aromatic heterocycles. The lowest BCUT2D eigenvalue weighted by atomic mass is 9.79. The number of piperazine rings is 1. The molecule has 4 heteroatoms. The minimum atomic E-state index is 0.549. The lowest BCUT2D eigenvalue weighted by Crippen LogP contribution is -2.55. The van der Waals surface area contributed by atoms with Gasteiger partial charge in [0.05, 0.1) is 0 Å². The molecule has 0 bridgehead atoms. The molecule has 0 radical (unpaired) electrons. The largest absolute Gasteiger partial charge is 0.306 e. The van der Waals surface area contributed by atoms with Crippen LogP contribution in [-0.4, -0.2) is 98.1 Å². The van der Waals surface area contributed by atoms with Gasteiger partial charge in [-0.3, -0.25) is 4.90 Å². The van der Waals surface area contributed by atoms with E-state index in [9.17, 15) is 0 Å². The molecule has 0 aromatic rings. The molecule has 1 saturated carbocycles. The van der Waals surface area contributed by atoms with E-state index in [1.54, 1.807) is 0 Å². The van der Waals surface area contributed by atoms with Gasteiger partial charge in [-0.05, 0) is 89.0 Å². The van der Waals surface area contributed by atoms with Crippen molar-refractivity contribution in [3.8, 4) is 0 Å². The summed E-state index contributed by atoms with van der Waals surface area (Å²) in [6.45, 7) is 18.1. The van der Waals surface area contributed by atoms with E-state index in [1.165, 1.54) is 117 Å². The molecule has 4 rings (SSSR count). The Kier molecular flexibility index (Phi) is 6.71. The molecule has 0 spiro atoms. The van der Waals surface area contributed by atoms with E-state index in [0.29, 0.717) is 5.41 Å². The fourth-order valence-corrected chi connectivity index (χ4v) is 6.26. The van der Waals surface area contributed by atoms with Gasteiger partial charge in [-0.1, -0.05) is 20.3 Å². The molecule has 4 nitrogen and oxygen atoms in total. The first-order valence-corrected chi connectivity index (χ1v) is 12.4. The van der Waals surface area contributed by atoms with Gasteiger partial charge < -0.3 is 14.7 Å². The maximum atomic E-state index is 2.81. The SMILES string of the molecule is CCCC1(CN2CCC(C)(CN3CCN(C4CCN(C)CC4)CC3)CC2)CC1. The van der Waals surface area contributed by atoms with Crippen LogP contribution in [-0.2, 0) is 0 Å². The fourth-order valence-electron chi connectivity index (χ4n) is 6.26. The van der Waals surface area contributed by atoms with Gasteiger partial charge in [0, 0.05) is 45.3 Å². The van der Waals surface area contributed by atoms with Gasteiger partial charge in [0.1, 0.15) is 0 Å². The topological polar surface area (TPSA) is 13.0 Å². The Morgan fingerprint density at radius 1 is 0.750 bits per heavy atom. The maximum Gasteiger partial charge on any atom is 0.0121 e. The zero-order valence-electron chi connectivity index (χ0n) is 19.1. The Hall–Kier alpha value is -0.160. The Bertz CT molecular complexity index is 479. The summed E-state index contributed by atoms with van der Waals surface area (Å²) in [5, 5.41) is 0. The average molecular weight is 391 g/mol. The van der Waals surface area contributed by atoms with Crippen LogP contribution in [0.1, 0.15) is 65.2 Å².